The summed E-state index contributed by atoms with van der Waals surface area (Å²) in [6.45, 7) is 6.18. The van der Waals surface area contributed by atoms with Crippen LogP contribution in [0.3, 0.4) is 0 Å². The van der Waals surface area contributed by atoms with Crippen molar-refractivity contribution >= 4 is 12.2 Å². The van der Waals surface area contributed by atoms with Crippen LogP contribution in [0.1, 0.15) is 37.5 Å². The molecule has 0 heterocycles. The molecule has 0 aliphatic carbocycles. The van der Waals surface area contributed by atoms with E-state index in [4.69, 9.17) is 0 Å². The largest absolute Gasteiger partial charge is 0.0683 e. The van der Waals surface area contributed by atoms with E-state index in [0.717, 1.165) is 6.42 Å². The monoisotopic (exact) mass is 238 g/mol. The van der Waals surface area contributed by atoms with Gasteiger partial charge in [0.05, 0.1) is 0 Å². The minimum Gasteiger partial charge on any atom is -0.0683 e. The van der Waals surface area contributed by atoms with E-state index in [1.807, 2.05) is 19.9 Å². The Labute approximate surface area is 111 Å². The van der Waals surface area contributed by atoms with Crippen molar-refractivity contribution in [1.29, 1.82) is 0 Å². The van der Waals surface area contributed by atoms with Gasteiger partial charge in [0, 0.05) is 0 Å². The van der Waals surface area contributed by atoms with Crippen LogP contribution in [-0.2, 0) is 6.42 Å². The van der Waals surface area contributed by atoms with Crippen LogP contribution >= 0.6 is 0 Å². The zero-order valence-electron chi connectivity index (χ0n) is 11.6. The van der Waals surface area contributed by atoms with Gasteiger partial charge in [-0.15, -0.1) is 0 Å². The number of rotatable bonds is 3. The first kappa shape index (κ1) is 14.2. The fourth-order valence-electron chi connectivity index (χ4n) is 1.62. The van der Waals surface area contributed by atoms with Gasteiger partial charge < -0.3 is 0 Å². The van der Waals surface area contributed by atoms with Gasteiger partial charge in [-0.25, -0.2) is 0 Å². The van der Waals surface area contributed by atoms with Gasteiger partial charge in [0.2, 0.25) is 0 Å². The number of hydrogen-bond acceptors (Lipinski definition) is 0. The highest BCUT2D eigenvalue weighted by Gasteiger charge is 1.89. The Bertz CT molecular complexity index is 449. The van der Waals surface area contributed by atoms with Crippen molar-refractivity contribution in [2.75, 3.05) is 0 Å². The number of benzene rings is 2. The highest BCUT2D eigenvalue weighted by atomic mass is 13.9. The van der Waals surface area contributed by atoms with E-state index >= 15 is 0 Å². The van der Waals surface area contributed by atoms with Gasteiger partial charge in [0.1, 0.15) is 0 Å². The summed E-state index contributed by atoms with van der Waals surface area (Å²) < 4.78 is 0. The zero-order chi connectivity index (χ0) is 13.2. The summed E-state index contributed by atoms with van der Waals surface area (Å²) in [7, 11) is 0. The van der Waals surface area contributed by atoms with Crippen LogP contribution in [0.15, 0.2) is 54.6 Å². The van der Waals surface area contributed by atoms with E-state index < -0.39 is 0 Å². The lowest BCUT2D eigenvalue weighted by molar-refractivity contribution is 1.14. The maximum Gasteiger partial charge on any atom is -0.0256 e. The molecule has 0 aromatic heterocycles. The second-order valence-corrected chi connectivity index (χ2v) is 3.84. The Morgan fingerprint density at radius 2 is 1.22 bits per heavy atom. The standard InChI is InChI=1S/C16H16.C2H6/c1-2-14-8-10-16(11-9-14)13-12-15-6-4-3-5-7-15;1-2/h3-13H,2H2,1H3;1-2H3/b13-12+;. The molecule has 0 unspecified atom stereocenters. The van der Waals surface area contributed by atoms with Crippen LogP contribution < -0.4 is 0 Å². The van der Waals surface area contributed by atoms with Gasteiger partial charge in [-0.2, -0.15) is 0 Å². The molecule has 0 saturated heterocycles. The van der Waals surface area contributed by atoms with Crippen molar-refractivity contribution in [3.05, 3.63) is 71.3 Å². The fourth-order valence-corrected chi connectivity index (χ4v) is 1.62. The Kier molecular flexibility index (Phi) is 6.56. The maximum atomic E-state index is 2.19. The predicted octanol–water partition coefficient (Wildman–Crippen LogP) is 5.45. The second-order valence-electron chi connectivity index (χ2n) is 3.84. The fraction of sp³-hybridized carbons (Fsp3) is 0.222. The lowest BCUT2D eigenvalue weighted by Gasteiger charge is -1.97. The van der Waals surface area contributed by atoms with Crippen molar-refractivity contribution in [3.63, 3.8) is 0 Å². The summed E-state index contributed by atoms with van der Waals surface area (Å²) in [6, 6.07) is 19.1. The summed E-state index contributed by atoms with van der Waals surface area (Å²) in [4.78, 5) is 0. The Morgan fingerprint density at radius 3 is 1.72 bits per heavy atom. The molecule has 0 N–H and O–H groups in total. The molecule has 0 bridgehead atoms. The van der Waals surface area contributed by atoms with Crippen molar-refractivity contribution in [1.82, 2.24) is 0 Å². The van der Waals surface area contributed by atoms with Crippen LogP contribution in [0.5, 0.6) is 0 Å². The van der Waals surface area contributed by atoms with Gasteiger partial charge in [0.15, 0.2) is 0 Å². The van der Waals surface area contributed by atoms with E-state index in [0.29, 0.717) is 0 Å². The van der Waals surface area contributed by atoms with Crippen molar-refractivity contribution in [3.8, 4) is 0 Å². The molecule has 0 spiro atoms. The highest BCUT2D eigenvalue weighted by molar-refractivity contribution is 5.69. The molecule has 0 heteroatoms. The minimum atomic E-state index is 1.10. The summed E-state index contributed by atoms with van der Waals surface area (Å²) in [5.74, 6) is 0. The van der Waals surface area contributed by atoms with E-state index in [1.165, 1.54) is 16.7 Å². The molecule has 0 nitrogen and oxygen atoms in total. The molecule has 0 aliphatic rings. The third-order valence-corrected chi connectivity index (χ3v) is 2.66. The normalized spacial score (nSPS) is 9.94. The smallest absolute Gasteiger partial charge is 0.0256 e. The first-order chi connectivity index (χ1) is 8.88. The van der Waals surface area contributed by atoms with Crippen molar-refractivity contribution in [2.24, 2.45) is 0 Å². The number of aryl methyl sites for hydroxylation is 1. The molecule has 0 saturated carbocycles. The summed E-state index contributed by atoms with van der Waals surface area (Å²) in [6.07, 6.45) is 5.39. The Balaban J connectivity index is 0.000000771. The van der Waals surface area contributed by atoms with Crippen LogP contribution in [0.2, 0.25) is 0 Å². The topological polar surface area (TPSA) is 0 Å². The third kappa shape index (κ3) is 4.58. The number of hydrogen-bond donors (Lipinski definition) is 0. The quantitative estimate of drug-likeness (QED) is 0.624. The minimum absolute atomic E-state index is 1.10. The summed E-state index contributed by atoms with van der Waals surface area (Å²) in [5, 5.41) is 0. The summed E-state index contributed by atoms with van der Waals surface area (Å²) in [5.41, 5.74) is 3.87. The Morgan fingerprint density at radius 1 is 0.722 bits per heavy atom. The van der Waals surface area contributed by atoms with Crippen LogP contribution in [0.4, 0.5) is 0 Å². The molecule has 0 atom stereocenters. The summed E-state index contributed by atoms with van der Waals surface area (Å²) >= 11 is 0. The van der Waals surface area contributed by atoms with Crippen LogP contribution in [-0.4, -0.2) is 0 Å². The van der Waals surface area contributed by atoms with Gasteiger partial charge in [-0.3, -0.25) is 0 Å². The first-order valence-electron chi connectivity index (χ1n) is 6.70. The predicted molar refractivity (Wildman–Crippen MR) is 82.5 cm³/mol. The van der Waals surface area contributed by atoms with Crippen molar-refractivity contribution < 1.29 is 0 Å². The van der Waals surface area contributed by atoms with E-state index in [1.54, 1.807) is 0 Å². The van der Waals surface area contributed by atoms with E-state index in [2.05, 4.69) is 67.6 Å². The third-order valence-electron chi connectivity index (χ3n) is 2.66. The van der Waals surface area contributed by atoms with E-state index in [9.17, 15) is 0 Å². The molecular formula is C18H22. The molecule has 0 fully saturated rings. The van der Waals surface area contributed by atoms with Gasteiger partial charge in [0.25, 0.3) is 0 Å². The Hall–Kier alpha value is -1.82. The maximum absolute atomic E-state index is 2.19. The average molecular weight is 238 g/mol. The lowest BCUT2D eigenvalue weighted by Crippen LogP contribution is -1.79. The SMILES string of the molecule is CC.CCc1ccc(/C=C/c2ccccc2)cc1. The lowest BCUT2D eigenvalue weighted by atomic mass is 10.1. The molecule has 2 rings (SSSR count). The molecule has 94 valence electrons. The van der Waals surface area contributed by atoms with Crippen LogP contribution in [0.25, 0.3) is 12.2 Å². The van der Waals surface area contributed by atoms with Crippen LogP contribution in [0, 0.1) is 0 Å². The zero-order valence-corrected chi connectivity index (χ0v) is 11.6. The second kappa shape index (κ2) is 8.30. The molecule has 2 aromatic carbocycles. The average Bonchev–Trinajstić information content (AvgIpc) is 2.49. The van der Waals surface area contributed by atoms with Gasteiger partial charge in [-0.05, 0) is 23.1 Å². The van der Waals surface area contributed by atoms with Gasteiger partial charge in [-0.1, -0.05) is 87.5 Å². The molecule has 2 aromatic rings. The first-order valence-corrected chi connectivity index (χ1v) is 6.70. The molecule has 0 amide bonds. The molecule has 0 aliphatic heterocycles. The highest BCUT2D eigenvalue weighted by Crippen LogP contribution is 2.09. The van der Waals surface area contributed by atoms with Gasteiger partial charge >= 0.3 is 0 Å². The molecular weight excluding hydrogens is 216 g/mol. The van der Waals surface area contributed by atoms with Crippen molar-refractivity contribution in [2.45, 2.75) is 27.2 Å². The molecule has 18 heavy (non-hydrogen) atoms. The molecule has 0 radical (unpaired) electrons. The van der Waals surface area contributed by atoms with E-state index in [-0.39, 0.29) is 0 Å².